The van der Waals surface area contributed by atoms with Crippen molar-refractivity contribution in [2.24, 2.45) is 5.92 Å². The molecule has 0 spiro atoms. The van der Waals surface area contributed by atoms with Crippen LogP contribution in [0, 0.1) is 5.92 Å². The first-order chi connectivity index (χ1) is 5.86. The first kappa shape index (κ1) is 8.48. The summed E-state index contributed by atoms with van der Waals surface area (Å²) >= 11 is 0. The van der Waals surface area contributed by atoms with E-state index in [4.69, 9.17) is 9.47 Å². The maximum absolute atomic E-state index is 9.42. The Hall–Kier alpha value is -0.120. The zero-order valence-electron chi connectivity index (χ0n) is 7.24. The van der Waals surface area contributed by atoms with Crippen LogP contribution in [0.15, 0.2) is 0 Å². The van der Waals surface area contributed by atoms with Gasteiger partial charge in [0, 0.05) is 19.1 Å². The molecule has 2 aliphatic rings. The van der Waals surface area contributed by atoms with Crippen molar-refractivity contribution in [3.63, 3.8) is 0 Å². The number of aliphatic hydroxyl groups excluding tert-OH is 1. The van der Waals surface area contributed by atoms with E-state index >= 15 is 0 Å². The first-order valence-electron chi connectivity index (χ1n) is 4.73. The number of rotatable bonds is 1. The summed E-state index contributed by atoms with van der Waals surface area (Å²) in [5, 5.41) is 9.42. The van der Waals surface area contributed by atoms with E-state index in [1.54, 1.807) is 0 Å². The Morgan fingerprint density at radius 2 is 2.08 bits per heavy atom. The minimum Gasteiger partial charge on any atom is -0.393 e. The van der Waals surface area contributed by atoms with E-state index in [0.29, 0.717) is 12.5 Å². The predicted octanol–water partition coefficient (Wildman–Crippen LogP) is 0.563. The molecule has 0 aliphatic carbocycles. The van der Waals surface area contributed by atoms with E-state index in [1.165, 1.54) is 0 Å². The molecule has 0 unspecified atom stereocenters. The van der Waals surface area contributed by atoms with Crippen LogP contribution >= 0.6 is 0 Å². The Kier molecular flexibility index (Phi) is 2.63. The molecule has 0 saturated carbocycles. The average Bonchev–Trinajstić information content (AvgIpc) is 2.56. The van der Waals surface area contributed by atoms with Gasteiger partial charge in [0.15, 0.2) is 0 Å². The van der Waals surface area contributed by atoms with Gasteiger partial charge in [-0.1, -0.05) is 0 Å². The Balaban J connectivity index is 1.85. The molecule has 70 valence electrons. The summed E-state index contributed by atoms with van der Waals surface area (Å²) in [7, 11) is 0. The lowest BCUT2D eigenvalue weighted by Gasteiger charge is -2.29. The summed E-state index contributed by atoms with van der Waals surface area (Å²) in [4.78, 5) is 0. The topological polar surface area (TPSA) is 38.7 Å². The lowest BCUT2D eigenvalue weighted by molar-refractivity contribution is -0.0696. The van der Waals surface area contributed by atoms with Gasteiger partial charge < -0.3 is 14.6 Å². The zero-order chi connectivity index (χ0) is 8.39. The summed E-state index contributed by atoms with van der Waals surface area (Å²) < 4.78 is 10.9. The molecule has 2 aliphatic heterocycles. The van der Waals surface area contributed by atoms with Gasteiger partial charge in [-0.2, -0.15) is 0 Å². The van der Waals surface area contributed by atoms with Gasteiger partial charge in [0.2, 0.25) is 0 Å². The molecule has 3 heteroatoms. The lowest BCUT2D eigenvalue weighted by atomic mass is 9.94. The third-order valence-corrected chi connectivity index (χ3v) is 2.78. The highest BCUT2D eigenvalue weighted by Gasteiger charge is 2.30. The second-order valence-electron chi connectivity index (χ2n) is 3.71. The Bertz CT molecular complexity index is 143. The molecule has 0 bridgehead atoms. The van der Waals surface area contributed by atoms with E-state index in [-0.39, 0.29) is 12.2 Å². The van der Waals surface area contributed by atoms with E-state index in [2.05, 4.69) is 0 Å². The van der Waals surface area contributed by atoms with Crippen LogP contribution in [0.25, 0.3) is 0 Å². The second kappa shape index (κ2) is 3.73. The van der Waals surface area contributed by atoms with Gasteiger partial charge in [0.1, 0.15) is 0 Å². The molecular weight excluding hydrogens is 156 g/mol. The van der Waals surface area contributed by atoms with Crippen molar-refractivity contribution in [1.82, 2.24) is 0 Å². The van der Waals surface area contributed by atoms with Crippen LogP contribution in [0.3, 0.4) is 0 Å². The van der Waals surface area contributed by atoms with Crippen LogP contribution in [0.4, 0.5) is 0 Å². The summed E-state index contributed by atoms with van der Waals surface area (Å²) in [6, 6.07) is 0. The van der Waals surface area contributed by atoms with Crippen LogP contribution in [0.5, 0.6) is 0 Å². The van der Waals surface area contributed by atoms with Crippen molar-refractivity contribution in [1.29, 1.82) is 0 Å². The zero-order valence-corrected chi connectivity index (χ0v) is 7.24. The van der Waals surface area contributed by atoms with Crippen LogP contribution in [0.1, 0.15) is 19.3 Å². The van der Waals surface area contributed by atoms with E-state index in [9.17, 15) is 5.11 Å². The van der Waals surface area contributed by atoms with Crippen molar-refractivity contribution in [3.05, 3.63) is 0 Å². The fraction of sp³-hybridized carbons (Fsp3) is 1.00. The van der Waals surface area contributed by atoms with Crippen molar-refractivity contribution >= 4 is 0 Å². The largest absolute Gasteiger partial charge is 0.393 e. The predicted molar refractivity (Wildman–Crippen MR) is 43.9 cm³/mol. The Morgan fingerprint density at radius 3 is 2.75 bits per heavy atom. The molecule has 12 heavy (non-hydrogen) atoms. The summed E-state index contributed by atoms with van der Waals surface area (Å²) in [6.07, 6.45) is 2.79. The number of hydrogen-bond donors (Lipinski definition) is 1. The van der Waals surface area contributed by atoms with Crippen molar-refractivity contribution in [2.45, 2.75) is 31.5 Å². The van der Waals surface area contributed by atoms with E-state index in [1.807, 2.05) is 0 Å². The van der Waals surface area contributed by atoms with Crippen molar-refractivity contribution < 1.29 is 14.6 Å². The molecule has 2 saturated heterocycles. The van der Waals surface area contributed by atoms with Gasteiger partial charge in [0.25, 0.3) is 0 Å². The monoisotopic (exact) mass is 172 g/mol. The van der Waals surface area contributed by atoms with Gasteiger partial charge in [-0.3, -0.25) is 0 Å². The third kappa shape index (κ3) is 1.79. The quantitative estimate of drug-likeness (QED) is 0.628. The minimum absolute atomic E-state index is 0.149. The van der Waals surface area contributed by atoms with Gasteiger partial charge in [-0.15, -0.1) is 0 Å². The van der Waals surface area contributed by atoms with Gasteiger partial charge in [-0.05, 0) is 19.3 Å². The third-order valence-electron chi connectivity index (χ3n) is 2.78. The van der Waals surface area contributed by atoms with Crippen LogP contribution < -0.4 is 0 Å². The lowest BCUT2D eigenvalue weighted by Crippen LogP contribution is -2.34. The normalized spacial score (nSPS) is 43.2. The molecule has 0 radical (unpaired) electrons. The van der Waals surface area contributed by atoms with Crippen molar-refractivity contribution in [3.8, 4) is 0 Å². The fourth-order valence-electron chi connectivity index (χ4n) is 1.98. The molecule has 0 amide bonds. The maximum Gasteiger partial charge on any atom is 0.0650 e. The summed E-state index contributed by atoms with van der Waals surface area (Å²) in [5.41, 5.74) is 0. The number of aliphatic hydroxyl groups is 1. The molecule has 3 atom stereocenters. The van der Waals surface area contributed by atoms with Gasteiger partial charge >= 0.3 is 0 Å². The SMILES string of the molecule is O[C@@H]1CCO[C@@H]([C@H]2CCOC2)C1. The highest BCUT2D eigenvalue weighted by Crippen LogP contribution is 2.26. The number of hydrogen-bond acceptors (Lipinski definition) is 3. The minimum atomic E-state index is -0.149. The Morgan fingerprint density at radius 1 is 1.17 bits per heavy atom. The van der Waals surface area contributed by atoms with Crippen molar-refractivity contribution in [2.75, 3.05) is 19.8 Å². The molecule has 0 aromatic carbocycles. The second-order valence-corrected chi connectivity index (χ2v) is 3.71. The number of ether oxygens (including phenoxy) is 2. The molecular formula is C9H16O3. The van der Waals surface area contributed by atoms with E-state index < -0.39 is 0 Å². The first-order valence-corrected chi connectivity index (χ1v) is 4.73. The molecule has 0 aromatic rings. The van der Waals surface area contributed by atoms with Crippen LogP contribution in [0.2, 0.25) is 0 Å². The van der Waals surface area contributed by atoms with Gasteiger partial charge in [0.05, 0.1) is 18.8 Å². The van der Waals surface area contributed by atoms with Gasteiger partial charge in [-0.25, -0.2) is 0 Å². The highest BCUT2D eigenvalue weighted by atomic mass is 16.5. The van der Waals surface area contributed by atoms with E-state index in [0.717, 1.165) is 32.5 Å². The summed E-state index contributed by atoms with van der Waals surface area (Å²) in [6.45, 7) is 2.39. The Labute approximate surface area is 72.7 Å². The standard InChI is InChI=1S/C9H16O3/c10-8-2-4-12-9(5-8)7-1-3-11-6-7/h7-10H,1-6H2/t7-,8+,9+/m0/s1. The molecule has 1 N–H and O–H groups in total. The smallest absolute Gasteiger partial charge is 0.0650 e. The average molecular weight is 172 g/mol. The molecule has 0 aromatic heterocycles. The molecule has 3 nitrogen and oxygen atoms in total. The van der Waals surface area contributed by atoms with Crippen LogP contribution in [-0.4, -0.2) is 37.1 Å². The highest BCUT2D eigenvalue weighted by molar-refractivity contribution is 4.79. The molecule has 2 rings (SSSR count). The molecule has 2 fully saturated rings. The summed E-state index contributed by atoms with van der Waals surface area (Å²) in [5.74, 6) is 0.528. The van der Waals surface area contributed by atoms with Crippen LogP contribution in [-0.2, 0) is 9.47 Å². The maximum atomic E-state index is 9.42. The molecule has 2 heterocycles. The fourth-order valence-corrected chi connectivity index (χ4v) is 1.98.